The maximum absolute atomic E-state index is 5.60. The van der Waals surface area contributed by atoms with Crippen LogP contribution in [0.4, 0.5) is 0 Å². The van der Waals surface area contributed by atoms with Crippen LogP contribution in [0.3, 0.4) is 0 Å². The van der Waals surface area contributed by atoms with Crippen molar-refractivity contribution in [1.29, 1.82) is 0 Å². The molecule has 1 aromatic rings. The van der Waals surface area contributed by atoms with E-state index >= 15 is 0 Å². The molecule has 88 valence electrons. The number of ether oxygens (including phenoxy) is 2. The predicted molar refractivity (Wildman–Crippen MR) is 61.7 cm³/mol. The van der Waals surface area contributed by atoms with Crippen LogP contribution in [0.2, 0.25) is 0 Å². The van der Waals surface area contributed by atoms with Gasteiger partial charge in [-0.15, -0.1) is 0 Å². The summed E-state index contributed by atoms with van der Waals surface area (Å²) in [6.45, 7) is 7.35. The first kappa shape index (κ1) is 11.4. The van der Waals surface area contributed by atoms with Crippen LogP contribution in [0, 0.1) is 6.92 Å². The zero-order valence-corrected chi connectivity index (χ0v) is 9.69. The van der Waals surface area contributed by atoms with E-state index in [4.69, 9.17) is 9.47 Å². The average molecular weight is 222 g/mol. The summed E-state index contributed by atoms with van der Waals surface area (Å²) in [5, 5.41) is 0. The third-order valence-corrected chi connectivity index (χ3v) is 2.65. The van der Waals surface area contributed by atoms with Gasteiger partial charge in [0.05, 0.1) is 13.2 Å². The smallest absolute Gasteiger partial charge is 0.213 e. The first-order valence-corrected chi connectivity index (χ1v) is 5.70. The molecular formula is C12H18N2O2. The van der Waals surface area contributed by atoms with E-state index in [9.17, 15) is 0 Å². The normalized spacial score (nSPS) is 17.3. The second-order valence-electron chi connectivity index (χ2n) is 3.97. The molecule has 1 saturated heterocycles. The molecule has 0 saturated carbocycles. The Hall–Kier alpha value is -1.13. The van der Waals surface area contributed by atoms with Crippen molar-refractivity contribution in [2.45, 2.75) is 6.92 Å². The van der Waals surface area contributed by atoms with Crippen molar-refractivity contribution in [3.8, 4) is 5.88 Å². The lowest BCUT2D eigenvalue weighted by Gasteiger charge is -2.26. The van der Waals surface area contributed by atoms with E-state index in [-0.39, 0.29) is 0 Å². The molecule has 1 aromatic heterocycles. The molecule has 0 unspecified atom stereocenters. The van der Waals surface area contributed by atoms with Crippen LogP contribution in [0.1, 0.15) is 5.56 Å². The quantitative estimate of drug-likeness (QED) is 0.764. The fourth-order valence-corrected chi connectivity index (χ4v) is 1.69. The number of pyridine rings is 1. The molecule has 0 atom stereocenters. The Labute approximate surface area is 96.2 Å². The van der Waals surface area contributed by atoms with Crippen LogP contribution in [0.15, 0.2) is 18.3 Å². The molecule has 4 heteroatoms. The molecule has 0 N–H and O–H groups in total. The molecule has 2 heterocycles. The van der Waals surface area contributed by atoms with Gasteiger partial charge in [0.15, 0.2) is 0 Å². The van der Waals surface area contributed by atoms with Crippen LogP contribution < -0.4 is 4.74 Å². The SMILES string of the molecule is Cc1ccnc(OCCN2CCOCC2)c1. The third-order valence-electron chi connectivity index (χ3n) is 2.65. The van der Waals surface area contributed by atoms with E-state index in [0.29, 0.717) is 12.5 Å². The summed E-state index contributed by atoms with van der Waals surface area (Å²) in [6.07, 6.45) is 1.78. The molecule has 1 aliphatic heterocycles. The molecule has 0 aromatic carbocycles. The van der Waals surface area contributed by atoms with Crippen molar-refractivity contribution >= 4 is 0 Å². The van der Waals surface area contributed by atoms with Crippen LogP contribution >= 0.6 is 0 Å². The Morgan fingerprint density at radius 1 is 1.44 bits per heavy atom. The van der Waals surface area contributed by atoms with Crippen LogP contribution in [-0.4, -0.2) is 49.3 Å². The second-order valence-corrected chi connectivity index (χ2v) is 3.97. The molecule has 0 spiro atoms. The van der Waals surface area contributed by atoms with Gasteiger partial charge in [0, 0.05) is 31.9 Å². The van der Waals surface area contributed by atoms with Crippen molar-refractivity contribution < 1.29 is 9.47 Å². The van der Waals surface area contributed by atoms with Crippen molar-refractivity contribution in [3.63, 3.8) is 0 Å². The number of hydrogen-bond acceptors (Lipinski definition) is 4. The van der Waals surface area contributed by atoms with Crippen molar-refractivity contribution in [1.82, 2.24) is 9.88 Å². The van der Waals surface area contributed by atoms with Crippen LogP contribution in [-0.2, 0) is 4.74 Å². The van der Waals surface area contributed by atoms with E-state index in [1.54, 1.807) is 6.20 Å². The Morgan fingerprint density at radius 3 is 3.00 bits per heavy atom. The zero-order chi connectivity index (χ0) is 11.2. The fraction of sp³-hybridized carbons (Fsp3) is 0.583. The largest absolute Gasteiger partial charge is 0.476 e. The molecule has 4 nitrogen and oxygen atoms in total. The van der Waals surface area contributed by atoms with Gasteiger partial charge in [0.1, 0.15) is 6.61 Å². The number of morpholine rings is 1. The molecule has 0 amide bonds. The van der Waals surface area contributed by atoms with Gasteiger partial charge in [0.25, 0.3) is 0 Å². The highest BCUT2D eigenvalue weighted by molar-refractivity contribution is 5.18. The minimum atomic E-state index is 0.691. The molecule has 1 aliphatic rings. The highest BCUT2D eigenvalue weighted by Gasteiger charge is 2.09. The molecule has 1 fully saturated rings. The monoisotopic (exact) mass is 222 g/mol. The summed E-state index contributed by atoms with van der Waals surface area (Å²) in [5.41, 5.74) is 1.18. The van der Waals surface area contributed by atoms with Gasteiger partial charge in [-0.3, -0.25) is 4.90 Å². The van der Waals surface area contributed by atoms with E-state index in [1.165, 1.54) is 5.56 Å². The maximum Gasteiger partial charge on any atom is 0.213 e. The Bertz CT molecular complexity index is 325. The lowest BCUT2D eigenvalue weighted by atomic mass is 10.3. The average Bonchev–Trinajstić information content (AvgIpc) is 2.30. The van der Waals surface area contributed by atoms with Crippen LogP contribution in [0.25, 0.3) is 0 Å². The maximum atomic E-state index is 5.60. The summed E-state index contributed by atoms with van der Waals surface area (Å²) in [7, 11) is 0. The van der Waals surface area contributed by atoms with Gasteiger partial charge < -0.3 is 9.47 Å². The Morgan fingerprint density at radius 2 is 2.25 bits per heavy atom. The summed E-state index contributed by atoms with van der Waals surface area (Å²) in [5.74, 6) is 0.716. The van der Waals surface area contributed by atoms with E-state index < -0.39 is 0 Å². The topological polar surface area (TPSA) is 34.6 Å². The highest BCUT2D eigenvalue weighted by Crippen LogP contribution is 2.07. The van der Waals surface area contributed by atoms with Gasteiger partial charge in [-0.25, -0.2) is 4.98 Å². The van der Waals surface area contributed by atoms with Gasteiger partial charge in [0.2, 0.25) is 5.88 Å². The van der Waals surface area contributed by atoms with Crippen molar-refractivity contribution in [2.24, 2.45) is 0 Å². The third kappa shape index (κ3) is 3.47. The zero-order valence-electron chi connectivity index (χ0n) is 9.69. The summed E-state index contributed by atoms with van der Waals surface area (Å²) < 4.78 is 10.9. The number of rotatable bonds is 4. The summed E-state index contributed by atoms with van der Waals surface area (Å²) >= 11 is 0. The molecule has 2 rings (SSSR count). The van der Waals surface area contributed by atoms with E-state index in [0.717, 1.165) is 32.8 Å². The van der Waals surface area contributed by atoms with Crippen LogP contribution in [0.5, 0.6) is 5.88 Å². The Balaban J connectivity index is 1.71. The van der Waals surface area contributed by atoms with E-state index in [2.05, 4.69) is 9.88 Å². The molecular weight excluding hydrogens is 204 g/mol. The molecule has 0 bridgehead atoms. The highest BCUT2D eigenvalue weighted by atomic mass is 16.5. The molecule has 0 aliphatic carbocycles. The fourth-order valence-electron chi connectivity index (χ4n) is 1.69. The minimum Gasteiger partial charge on any atom is -0.476 e. The predicted octanol–water partition coefficient (Wildman–Crippen LogP) is 1.10. The van der Waals surface area contributed by atoms with Gasteiger partial charge in [-0.1, -0.05) is 0 Å². The van der Waals surface area contributed by atoms with Gasteiger partial charge in [-0.05, 0) is 18.6 Å². The first-order chi connectivity index (χ1) is 7.84. The minimum absolute atomic E-state index is 0.691. The molecule has 0 radical (unpaired) electrons. The lowest BCUT2D eigenvalue weighted by molar-refractivity contribution is 0.0320. The van der Waals surface area contributed by atoms with Crippen molar-refractivity contribution in [2.75, 3.05) is 39.5 Å². The number of nitrogens with zero attached hydrogens (tertiary/aromatic N) is 2. The summed E-state index contributed by atoms with van der Waals surface area (Å²) in [6, 6.07) is 3.92. The molecule has 16 heavy (non-hydrogen) atoms. The lowest BCUT2D eigenvalue weighted by Crippen LogP contribution is -2.38. The number of aryl methyl sites for hydroxylation is 1. The van der Waals surface area contributed by atoms with Gasteiger partial charge >= 0.3 is 0 Å². The Kier molecular flexibility index (Phi) is 4.13. The van der Waals surface area contributed by atoms with Crippen molar-refractivity contribution in [3.05, 3.63) is 23.9 Å². The standard InChI is InChI=1S/C12H18N2O2/c1-11-2-3-13-12(10-11)16-9-6-14-4-7-15-8-5-14/h2-3,10H,4-9H2,1H3. The number of aromatic nitrogens is 1. The second kappa shape index (κ2) is 5.82. The van der Waals surface area contributed by atoms with Gasteiger partial charge in [-0.2, -0.15) is 0 Å². The summed E-state index contributed by atoms with van der Waals surface area (Å²) in [4.78, 5) is 6.50. The van der Waals surface area contributed by atoms with E-state index in [1.807, 2.05) is 19.1 Å². The number of hydrogen-bond donors (Lipinski definition) is 0. The first-order valence-electron chi connectivity index (χ1n) is 5.70.